The Morgan fingerprint density at radius 3 is 2.76 bits per heavy atom. The summed E-state index contributed by atoms with van der Waals surface area (Å²) >= 11 is 6.19. The molecule has 160 valence electrons. The maximum absolute atomic E-state index is 12.2. The van der Waals surface area contributed by atoms with E-state index in [1.165, 1.54) is 0 Å². The van der Waals surface area contributed by atoms with Crippen molar-refractivity contribution in [3.8, 4) is 0 Å². The summed E-state index contributed by atoms with van der Waals surface area (Å²) in [6, 6.07) is 2.30. The topological polar surface area (TPSA) is 74.8 Å². The van der Waals surface area contributed by atoms with E-state index in [4.69, 9.17) is 16.3 Å². The van der Waals surface area contributed by atoms with Gasteiger partial charge in [0.2, 0.25) is 0 Å². The molecule has 8 heteroatoms. The fourth-order valence-electron chi connectivity index (χ4n) is 4.65. The number of hydrogen-bond acceptors (Lipinski definition) is 6. The van der Waals surface area contributed by atoms with Gasteiger partial charge in [-0.15, -0.1) is 0 Å². The third kappa shape index (κ3) is 4.83. The molecule has 0 spiro atoms. The molecule has 1 aliphatic carbocycles. The minimum Gasteiger partial charge on any atom is -0.450 e. The Labute approximate surface area is 177 Å². The van der Waals surface area contributed by atoms with Crippen molar-refractivity contribution in [3.63, 3.8) is 0 Å². The van der Waals surface area contributed by atoms with Gasteiger partial charge in [-0.2, -0.15) is 0 Å². The van der Waals surface area contributed by atoms with Gasteiger partial charge in [-0.1, -0.05) is 11.6 Å². The first kappa shape index (κ1) is 21.8. The smallest absolute Gasteiger partial charge is 0.409 e. The van der Waals surface area contributed by atoms with Gasteiger partial charge in [0.25, 0.3) is 0 Å². The van der Waals surface area contributed by atoms with Crippen molar-refractivity contribution in [3.05, 3.63) is 22.8 Å². The predicted octanol–water partition coefficient (Wildman–Crippen LogP) is 3.32. The highest BCUT2D eigenvalue weighted by molar-refractivity contribution is 6.30. The largest absolute Gasteiger partial charge is 0.450 e. The van der Waals surface area contributed by atoms with Crippen molar-refractivity contribution in [2.24, 2.45) is 0 Å². The van der Waals surface area contributed by atoms with Crippen LogP contribution in [0, 0.1) is 0 Å². The predicted molar refractivity (Wildman–Crippen MR) is 114 cm³/mol. The minimum absolute atomic E-state index is 0.217. The molecule has 1 saturated heterocycles. The second-order valence-electron chi connectivity index (χ2n) is 7.88. The van der Waals surface area contributed by atoms with E-state index in [1.54, 1.807) is 11.1 Å². The normalized spacial score (nSPS) is 25.9. The highest BCUT2D eigenvalue weighted by Gasteiger charge is 2.40. The first-order valence-electron chi connectivity index (χ1n) is 10.5. The number of carbonyl (C=O) groups excluding carboxylic acids is 2. The van der Waals surface area contributed by atoms with Crippen molar-refractivity contribution in [2.45, 2.75) is 50.5 Å². The molecule has 3 rings (SSSR count). The molecule has 0 aromatic carbocycles. The second kappa shape index (κ2) is 9.76. The van der Waals surface area contributed by atoms with Gasteiger partial charge in [0.05, 0.1) is 17.0 Å². The van der Waals surface area contributed by atoms with Gasteiger partial charge < -0.3 is 19.7 Å². The SMILES string of the molecule is CCOC(=O)N1CCCN(C2CCC(C=O)(c3cc(Cl)cnc3NC)CC2)CC1. The van der Waals surface area contributed by atoms with Crippen LogP contribution >= 0.6 is 11.6 Å². The summed E-state index contributed by atoms with van der Waals surface area (Å²) in [5, 5.41) is 3.65. The van der Waals surface area contributed by atoms with Crippen LogP contribution in [0.25, 0.3) is 0 Å². The Bertz CT molecular complexity index is 722. The monoisotopic (exact) mass is 422 g/mol. The lowest BCUT2D eigenvalue weighted by Gasteiger charge is -2.41. The van der Waals surface area contributed by atoms with E-state index in [0.29, 0.717) is 24.2 Å². The Morgan fingerprint density at radius 2 is 2.10 bits per heavy atom. The van der Waals surface area contributed by atoms with Crippen molar-refractivity contribution in [1.29, 1.82) is 0 Å². The molecule has 2 aliphatic rings. The minimum atomic E-state index is -0.546. The van der Waals surface area contributed by atoms with Crippen LogP contribution in [0.1, 0.15) is 44.6 Å². The fraction of sp³-hybridized carbons (Fsp3) is 0.667. The number of aromatic nitrogens is 1. The van der Waals surface area contributed by atoms with Crippen molar-refractivity contribution >= 4 is 29.8 Å². The zero-order valence-corrected chi connectivity index (χ0v) is 18.1. The van der Waals surface area contributed by atoms with Gasteiger partial charge >= 0.3 is 6.09 Å². The van der Waals surface area contributed by atoms with E-state index >= 15 is 0 Å². The molecule has 0 bridgehead atoms. The molecule has 1 aromatic heterocycles. The summed E-state index contributed by atoms with van der Waals surface area (Å²) in [4.78, 5) is 32.9. The third-order valence-corrected chi connectivity index (χ3v) is 6.48. The number of rotatable bonds is 5. The number of nitrogens with one attached hydrogen (secondary N) is 1. The molecule has 1 aromatic rings. The van der Waals surface area contributed by atoms with Gasteiger partial charge in [-0.3, -0.25) is 4.90 Å². The van der Waals surface area contributed by atoms with Crippen LogP contribution in [0.15, 0.2) is 12.3 Å². The molecule has 7 nitrogen and oxygen atoms in total. The number of nitrogens with zero attached hydrogens (tertiary/aromatic N) is 3. The third-order valence-electron chi connectivity index (χ3n) is 6.27. The Hall–Kier alpha value is -1.86. The molecule has 0 radical (unpaired) electrons. The highest BCUT2D eigenvalue weighted by Crippen LogP contribution is 2.42. The van der Waals surface area contributed by atoms with Crippen molar-refractivity contribution < 1.29 is 14.3 Å². The number of pyridine rings is 1. The van der Waals surface area contributed by atoms with Gasteiger partial charge in [0.1, 0.15) is 12.1 Å². The summed E-state index contributed by atoms with van der Waals surface area (Å²) in [7, 11) is 1.82. The fourth-order valence-corrected chi connectivity index (χ4v) is 4.81. The zero-order chi connectivity index (χ0) is 20.9. The standard InChI is InChI=1S/C21H31ClN4O3/c1-3-29-20(28)26-10-4-9-25(11-12-26)17-5-7-21(15-27,8-6-17)18-13-16(22)14-24-19(18)23-2/h13-15,17H,3-12H2,1-2H3,(H,23,24). The van der Waals surface area contributed by atoms with Crippen LogP contribution in [0.3, 0.4) is 0 Å². The second-order valence-corrected chi connectivity index (χ2v) is 8.32. The average Bonchev–Trinajstić information content (AvgIpc) is 3.00. The first-order valence-corrected chi connectivity index (χ1v) is 10.9. The lowest BCUT2D eigenvalue weighted by Crippen LogP contribution is -2.45. The van der Waals surface area contributed by atoms with Crippen LogP contribution in [0.5, 0.6) is 0 Å². The van der Waals surface area contributed by atoms with Crippen LogP contribution in [-0.4, -0.2) is 73.0 Å². The first-order chi connectivity index (χ1) is 14.0. The molecular formula is C21H31ClN4O3. The summed E-state index contributed by atoms with van der Waals surface area (Å²) in [5.41, 5.74) is 0.348. The maximum Gasteiger partial charge on any atom is 0.409 e. The molecule has 1 amide bonds. The number of amides is 1. The highest BCUT2D eigenvalue weighted by atomic mass is 35.5. The zero-order valence-electron chi connectivity index (χ0n) is 17.3. The van der Waals surface area contributed by atoms with Crippen LogP contribution in [0.2, 0.25) is 5.02 Å². The molecule has 2 heterocycles. The molecule has 0 unspecified atom stereocenters. The lowest BCUT2D eigenvalue weighted by molar-refractivity contribution is -0.114. The molecule has 1 saturated carbocycles. The van der Waals surface area contributed by atoms with Gasteiger partial charge in [-0.25, -0.2) is 9.78 Å². The van der Waals surface area contributed by atoms with E-state index in [-0.39, 0.29) is 6.09 Å². The number of carbonyl (C=O) groups is 2. The maximum atomic E-state index is 12.2. The van der Waals surface area contributed by atoms with E-state index in [9.17, 15) is 9.59 Å². The van der Waals surface area contributed by atoms with Gasteiger partial charge in [0.15, 0.2) is 0 Å². The van der Waals surface area contributed by atoms with E-state index < -0.39 is 5.41 Å². The molecule has 0 atom stereocenters. The molecule has 1 aliphatic heterocycles. The summed E-state index contributed by atoms with van der Waals surface area (Å²) < 4.78 is 5.15. The van der Waals surface area contributed by atoms with Crippen molar-refractivity contribution in [1.82, 2.24) is 14.8 Å². The lowest BCUT2D eigenvalue weighted by atomic mass is 9.69. The van der Waals surface area contributed by atoms with Gasteiger partial charge in [0, 0.05) is 51.0 Å². The Kier molecular flexibility index (Phi) is 7.35. The van der Waals surface area contributed by atoms with Crippen LogP contribution < -0.4 is 5.32 Å². The Morgan fingerprint density at radius 1 is 1.34 bits per heavy atom. The quantitative estimate of drug-likeness (QED) is 0.733. The molecule has 2 fully saturated rings. The van der Waals surface area contributed by atoms with Crippen molar-refractivity contribution in [2.75, 3.05) is 45.2 Å². The summed E-state index contributed by atoms with van der Waals surface area (Å²) in [5.74, 6) is 0.722. The Balaban J connectivity index is 1.66. The van der Waals surface area contributed by atoms with Crippen LogP contribution in [-0.2, 0) is 14.9 Å². The van der Waals surface area contributed by atoms with Gasteiger partial charge in [-0.05, 0) is 45.1 Å². The number of ether oxygens (including phenoxy) is 1. The van der Waals surface area contributed by atoms with Crippen LogP contribution in [0.4, 0.5) is 10.6 Å². The molecular weight excluding hydrogens is 392 g/mol. The van der Waals surface area contributed by atoms with E-state index in [0.717, 1.165) is 69.4 Å². The van der Waals surface area contributed by atoms with E-state index in [1.807, 2.05) is 20.0 Å². The molecule has 29 heavy (non-hydrogen) atoms. The number of aldehydes is 1. The summed E-state index contributed by atoms with van der Waals surface area (Å²) in [6.07, 6.45) is 6.84. The van der Waals surface area contributed by atoms with E-state index in [2.05, 4.69) is 15.2 Å². The molecule has 1 N–H and O–H groups in total. The number of halogens is 1. The summed E-state index contributed by atoms with van der Waals surface area (Å²) in [6.45, 7) is 5.48. The number of hydrogen-bond donors (Lipinski definition) is 1. The average molecular weight is 423 g/mol. The number of anilines is 1.